The number of ketones is 2. The molecule has 8 aromatic carbocycles. The van der Waals surface area contributed by atoms with Crippen LogP contribution in [0.1, 0.15) is 117 Å². The number of nitrogens with zero attached hydrogens (tertiary/aromatic N) is 2. The van der Waals surface area contributed by atoms with Gasteiger partial charge in [0.05, 0.1) is 0 Å². The zero-order chi connectivity index (χ0) is 56.6. The Labute approximate surface area is 481 Å². The van der Waals surface area contributed by atoms with E-state index < -0.39 is 59.6 Å². The maximum absolute atomic E-state index is 14.9. The fourth-order valence-corrected chi connectivity index (χ4v) is 11.8. The van der Waals surface area contributed by atoms with E-state index in [1.807, 2.05) is 121 Å². The minimum Gasteiger partial charge on any atom is -0.461 e. The number of fused-ring (bicyclic) bond motifs is 3. The summed E-state index contributed by atoms with van der Waals surface area (Å²) in [6.45, 7) is 0.0295. The average Bonchev–Trinajstić information content (AvgIpc) is 3.63. The smallest absolute Gasteiger partial charge is 0.329 e. The maximum Gasteiger partial charge on any atom is 0.329 e. The molecule has 2 aliphatic heterocycles. The normalized spacial score (nSPS) is 14.7. The van der Waals surface area contributed by atoms with Crippen LogP contribution >= 0.6 is 0 Å². The van der Waals surface area contributed by atoms with Crippen molar-refractivity contribution in [2.24, 2.45) is 0 Å². The lowest BCUT2D eigenvalue weighted by atomic mass is 9.91. The summed E-state index contributed by atoms with van der Waals surface area (Å²) in [5.41, 5.74) is 8.29. The molecule has 10 rings (SSSR count). The van der Waals surface area contributed by atoms with Crippen molar-refractivity contribution in [2.75, 3.05) is 0 Å². The predicted octanol–water partition coefficient (Wildman–Crippen LogP) is 13.0. The molecule has 10 heteroatoms. The van der Waals surface area contributed by atoms with Crippen LogP contribution in [0.2, 0.25) is 0 Å². The third-order valence-corrected chi connectivity index (χ3v) is 16.3. The molecule has 0 aromatic heterocycles. The quantitative estimate of drug-likeness (QED) is 0.0332. The highest BCUT2D eigenvalue weighted by Crippen LogP contribution is 2.32. The van der Waals surface area contributed by atoms with Gasteiger partial charge in [0.25, 0.3) is 23.4 Å². The molecule has 0 N–H and O–H groups in total. The van der Waals surface area contributed by atoms with Crippen molar-refractivity contribution in [3.8, 4) is 0 Å². The maximum atomic E-state index is 14.9. The number of rotatable bonds is 24. The number of hydrogen-bond acceptors (Lipinski definition) is 8. The fraction of sp³-hybridized carbons (Fsp3) is 0.278. The highest BCUT2D eigenvalue weighted by Gasteiger charge is 2.42. The molecule has 82 heavy (non-hydrogen) atoms. The van der Waals surface area contributed by atoms with Crippen molar-refractivity contribution in [1.82, 2.24) is 9.80 Å². The molecule has 416 valence electrons. The molecule has 0 saturated carbocycles. The van der Waals surface area contributed by atoms with Crippen molar-refractivity contribution < 1.29 is 38.2 Å². The number of hydrogen-bond donors (Lipinski definition) is 0. The van der Waals surface area contributed by atoms with Gasteiger partial charge < -0.3 is 19.3 Å². The first kappa shape index (κ1) is 56.5. The van der Waals surface area contributed by atoms with E-state index in [4.69, 9.17) is 9.47 Å². The van der Waals surface area contributed by atoms with Gasteiger partial charge in [-0.1, -0.05) is 206 Å². The molecule has 2 aliphatic rings. The highest BCUT2D eigenvalue weighted by atomic mass is 16.5. The lowest BCUT2D eigenvalue weighted by molar-refractivity contribution is -0.160. The summed E-state index contributed by atoms with van der Waals surface area (Å²) < 4.78 is 12.8. The molecule has 2 amide bonds. The third kappa shape index (κ3) is 14.2. The Morgan fingerprint density at radius 3 is 0.963 bits per heavy atom. The first-order valence-electron chi connectivity index (χ1n) is 29.1. The summed E-state index contributed by atoms with van der Waals surface area (Å²) in [5.74, 6) is -4.61. The molecule has 0 bridgehead atoms. The average molecular weight is 1090 g/mol. The van der Waals surface area contributed by atoms with E-state index in [2.05, 4.69) is 48.5 Å². The number of benzene rings is 8. The van der Waals surface area contributed by atoms with Gasteiger partial charge in [-0.05, 0) is 132 Å². The first-order valence-corrected chi connectivity index (χ1v) is 29.1. The summed E-state index contributed by atoms with van der Waals surface area (Å²) in [4.78, 5) is 91.3. The second-order valence-electron chi connectivity index (χ2n) is 21.8. The number of amides is 2. The van der Waals surface area contributed by atoms with Crippen LogP contribution in [0.5, 0.6) is 0 Å². The topological polar surface area (TPSA) is 127 Å². The molecule has 0 saturated heterocycles. The molecule has 10 nitrogen and oxygen atoms in total. The number of carbonyl (C=O) groups excluding carboxylic acids is 6. The number of esters is 2. The van der Waals surface area contributed by atoms with Crippen LogP contribution in [0.3, 0.4) is 0 Å². The van der Waals surface area contributed by atoms with Crippen molar-refractivity contribution in [3.63, 3.8) is 0 Å². The van der Waals surface area contributed by atoms with Gasteiger partial charge in [-0.15, -0.1) is 0 Å². The number of aryl methyl sites for hydroxylation is 4. The Balaban J connectivity index is 0.872. The molecule has 2 heterocycles. The van der Waals surface area contributed by atoms with Crippen molar-refractivity contribution >= 4 is 46.1 Å². The molecule has 0 fully saturated rings. The highest BCUT2D eigenvalue weighted by molar-refractivity contribution is 6.47. The largest absolute Gasteiger partial charge is 0.461 e. The molecule has 0 unspecified atom stereocenters. The van der Waals surface area contributed by atoms with E-state index >= 15 is 0 Å². The van der Waals surface area contributed by atoms with E-state index in [0.717, 1.165) is 73.6 Å². The van der Waals surface area contributed by atoms with Crippen LogP contribution in [0.25, 0.3) is 10.8 Å². The van der Waals surface area contributed by atoms with E-state index in [9.17, 15) is 28.8 Å². The van der Waals surface area contributed by atoms with Gasteiger partial charge >= 0.3 is 11.9 Å². The fourth-order valence-electron chi connectivity index (χ4n) is 11.8. The third-order valence-electron chi connectivity index (χ3n) is 16.3. The summed E-state index contributed by atoms with van der Waals surface area (Å²) in [6.07, 6.45) is 8.52. The van der Waals surface area contributed by atoms with Crippen molar-refractivity contribution in [1.29, 1.82) is 0 Å². The molecule has 8 aromatic rings. The molecule has 0 radical (unpaired) electrons. The Kier molecular flexibility index (Phi) is 19.0. The molecule has 0 spiro atoms. The van der Waals surface area contributed by atoms with Crippen LogP contribution in [0.15, 0.2) is 206 Å². The van der Waals surface area contributed by atoms with Gasteiger partial charge in [0.15, 0.2) is 0 Å². The molecule has 2 atom stereocenters. The van der Waals surface area contributed by atoms with Gasteiger partial charge in [0.2, 0.25) is 0 Å². The molecular weight excluding hydrogens is 1020 g/mol. The lowest BCUT2D eigenvalue weighted by Crippen LogP contribution is -2.52. The van der Waals surface area contributed by atoms with Crippen LogP contribution < -0.4 is 0 Å². The summed E-state index contributed by atoms with van der Waals surface area (Å²) in [7, 11) is 0. The van der Waals surface area contributed by atoms with Crippen LogP contribution in [0, 0.1) is 0 Å². The van der Waals surface area contributed by atoms with E-state index in [0.29, 0.717) is 36.5 Å². The van der Waals surface area contributed by atoms with Crippen molar-refractivity contribution in [3.05, 3.63) is 262 Å². The monoisotopic (exact) mass is 1090 g/mol. The second-order valence-corrected chi connectivity index (χ2v) is 21.8. The zero-order valence-electron chi connectivity index (χ0n) is 46.4. The van der Waals surface area contributed by atoms with Gasteiger partial charge in [0.1, 0.15) is 24.3 Å². The molecular formula is C72H70N2O8. The Bertz CT molecular complexity index is 3170. The van der Waals surface area contributed by atoms with Gasteiger partial charge in [-0.25, -0.2) is 9.59 Å². The molecule has 0 aliphatic carbocycles. The standard InChI is InChI=1S/C72H70N2O8/c75-67(69(77)73-49-57-37-15-13-35-55(57)47-65(73)71(79)81-59(39-17-31-51-23-5-1-6-24-51)40-18-32-52-25-7-2-8-26-52)63-45-21-44-62-61(63)43-22-46-64(62)68(76)70(78)74-50-58-38-16-14-36-56(58)48-66(74)72(80)82-60(41-19-33-53-27-9-3-10-28-53)42-20-34-54-29-11-4-12-30-54/h1-16,21-30,35-38,43-46,59-60,65-66H,17-20,31-34,39-42,47-50H2/t65-,66-/m0/s1. The summed E-state index contributed by atoms with van der Waals surface area (Å²) >= 11 is 0. The first-order chi connectivity index (χ1) is 40.2. The summed E-state index contributed by atoms with van der Waals surface area (Å²) in [5, 5.41) is 0.587. The minimum atomic E-state index is -1.07. The number of carbonyl (C=O) groups is 6. The van der Waals surface area contributed by atoms with E-state index in [1.165, 1.54) is 44.2 Å². The van der Waals surface area contributed by atoms with E-state index in [1.54, 1.807) is 24.3 Å². The van der Waals surface area contributed by atoms with Gasteiger partial charge in [0, 0.05) is 37.1 Å². The summed E-state index contributed by atoms with van der Waals surface area (Å²) in [6, 6.07) is 63.4. The lowest BCUT2D eigenvalue weighted by Gasteiger charge is -2.36. The minimum absolute atomic E-state index is 0.0148. The van der Waals surface area contributed by atoms with Crippen molar-refractivity contribution in [2.45, 2.75) is 127 Å². The predicted molar refractivity (Wildman–Crippen MR) is 319 cm³/mol. The number of ether oxygens (including phenoxy) is 2. The zero-order valence-corrected chi connectivity index (χ0v) is 46.4. The van der Waals surface area contributed by atoms with Crippen LogP contribution in [0.4, 0.5) is 0 Å². The Morgan fingerprint density at radius 1 is 0.354 bits per heavy atom. The van der Waals surface area contributed by atoms with E-state index in [-0.39, 0.29) is 37.1 Å². The van der Waals surface area contributed by atoms with Gasteiger partial charge in [-0.3, -0.25) is 19.2 Å². The Morgan fingerprint density at radius 2 is 0.646 bits per heavy atom. The SMILES string of the molecule is O=C(C(=O)N1Cc2ccccc2C[C@H]1C(=O)OC(CCCc1ccccc1)CCCc1ccccc1)c1cccc2c(C(=O)C(=O)N3Cc4ccccc4C[C@H]3C(=O)OC(CCCc3ccccc3)CCCc3ccccc3)cccc12. The van der Waals surface area contributed by atoms with Crippen LogP contribution in [-0.4, -0.2) is 69.4 Å². The van der Waals surface area contributed by atoms with Crippen LogP contribution in [-0.2, 0) is 80.3 Å². The van der Waals surface area contributed by atoms with Gasteiger partial charge in [-0.2, -0.15) is 0 Å². The Hall–Kier alpha value is -8.76. The second kappa shape index (κ2) is 27.6. The number of Topliss-reactive ketones (excluding diaryl/α,β-unsaturated/α-hetero) is 2.